The van der Waals surface area contributed by atoms with E-state index in [0.29, 0.717) is 21.0 Å². The lowest BCUT2D eigenvalue weighted by molar-refractivity contribution is 0.0532. The van der Waals surface area contributed by atoms with E-state index in [9.17, 15) is 14.3 Å². The normalized spacial score (nSPS) is 10.5. The minimum Gasteiger partial charge on any atom is -0.462 e. The van der Waals surface area contributed by atoms with E-state index < -0.39 is 11.8 Å². The molecule has 0 aliphatic rings. The summed E-state index contributed by atoms with van der Waals surface area (Å²) in [7, 11) is 0. The SMILES string of the molecule is CCOC(=O)c1cnc(-c2cc(F)ccc2CO)s1. The van der Waals surface area contributed by atoms with Gasteiger partial charge < -0.3 is 9.84 Å². The lowest BCUT2D eigenvalue weighted by atomic mass is 10.1. The van der Waals surface area contributed by atoms with Crippen LogP contribution in [-0.4, -0.2) is 22.7 Å². The first-order valence-corrected chi connectivity index (χ1v) is 6.50. The van der Waals surface area contributed by atoms with Crippen molar-refractivity contribution < 1.29 is 19.0 Å². The minimum absolute atomic E-state index is 0.218. The van der Waals surface area contributed by atoms with Crippen LogP contribution in [0.5, 0.6) is 0 Å². The van der Waals surface area contributed by atoms with E-state index in [1.165, 1.54) is 24.4 Å². The number of carbonyl (C=O) groups is 1. The highest BCUT2D eigenvalue weighted by Crippen LogP contribution is 2.29. The van der Waals surface area contributed by atoms with Crippen LogP contribution in [0.4, 0.5) is 4.39 Å². The predicted molar refractivity (Wildman–Crippen MR) is 69.4 cm³/mol. The van der Waals surface area contributed by atoms with Crippen molar-refractivity contribution in [3.05, 3.63) is 40.7 Å². The molecule has 0 saturated carbocycles. The molecule has 1 heterocycles. The third-order valence-electron chi connectivity index (χ3n) is 2.45. The number of thiazole rings is 1. The van der Waals surface area contributed by atoms with Gasteiger partial charge in [-0.15, -0.1) is 11.3 Å². The molecule has 19 heavy (non-hydrogen) atoms. The first kappa shape index (κ1) is 13.6. The zero-order valence-corrected chi connectivity index (χ0v) is 11.0. The van der Waals surface area contributed by atoms with Crippen LogP contribution in [0.1, 0.15) is 22.2 Å². The van der Waals surface area contributed by atoms with Gasteiger partial charge in [0.25, 0.3) is 0 Å². The Morgan fingerprint density at radius 3 is 3.00 bits per heavy atom. The maximum absolute atomic E-state index is 13.3. The highest BCUT2D eigenvalue weighted by molar-refractivity contribution is 7.16. The molecule has 0 radical (unpaired) electrons. The molecule has 1 aromatic heterocycles. The highest BCUT2D eigenvalue weighted by atomic mass is 32.1. The molecule has 0 spiro atoms. The second kappa shape index (κ2) is 5.90. The number of hydrogen-bond acceptors (Lipinski definition) is 5. The Bertz CT molecular complexity index is 597. The van der Waals surface area contributed by atoms with Crippen LogP contribution in [0.2, 0.25) is 0 Å². The van der Waals surface area contributed by atoms with Crippen LogP contribution < -0.4 is 0 Å². The van der Waals surface area contributed by atoms with Gasteiger partial charge in [-0.25, -0.2) is 14.2 Å². The summed E-state index contributed by atoms with van der Waals surface area (Å²) in [6, 6.07) is 4.06. The summed E-state index contributed by atoms with van der Waals surface area (Å²) < 4.78 is 18.1. The van der Waals surface area contributed by atoms with E-state index in [4.69, 9.17) is 4.74 Å². The van der Waals surface area contributed by atoms with E-state index in [-0.39, 0.29) is 13.2 Å². The van der Waals surface area contributed by atoms with Crippen LogP contribution in [0.25, 0.3) is 10.6 Å². The summed E-state index contributed by atoms with van der Waals surface area (Å²) in [5.74, 6) is -0.867. The third kappa shape index (κ3) is 2.97. The van der Waals surface area contributed by atoms with Crippen LogP contribution in [-0.2, 0) is 11.3 Å². The van der Waals surface area contributed by atoms with Crippen molar-refractivity contribution >= 4 is 17.3 Å². The van der Waals surface area contributed by atoms with Crippen LogP contribution in [0, 0.1) is 5.82 Å². The number of ether oxygens (including phenoxy) is 1. The summed E-state index contributed by atoms with van der Waals surface area (Å²) >= 11 is 1.11. The fraction of sp³-hybridized carbons (Fsp3) is 0.231. The summed E-state index contributed by atoms with van der Waals surface area (Å²) in [4.78, 5) is 16.0. The second-order valence-corrected chi connectivity index (χ2v) is 4.74. The number of halogens is 1. The van der Waals surface area contributed by atoms with Crippen molar-refractivity contribution in [2.45, 2.75) is 13.5 Å². The zero-order valence-electron chi connectivity index (χ0n) is 10.2. The molecule has 2 aromatic rings. The Balaban J connectivity index is 2.37. The van der Waals surface area contributed by atoms with Crippen molar-refractivity contribution in [3.63, 3.8) is 0 Å². The molecule has 0 fully saturated rings. The van der Waals surface area contributed by atoms with Gasteiger partial charge in [0.05, 0.1) is 19.4 Å². The number of aliphatic hydroxyl groups is 1. The molecule has 0 bridgehead atoms. The fourth-order valence-corrected chi connectivity index (χ4v) is 2.44. The molecule has 100 valence electrons. The predicted octanol–water partition coefficient (Wildman–Crippen LogP) is 2.62. The molecule has 0 aliphatic carbocycles. The van der Waals surface area contributed by atoms with E-state index >= 15 is 0 Å². The van der Waals surface area contributed by atoms with E-state index in [0.717, 1.165) is 11.3 Å². The van der Waals surface area contributed by atoms with Gasteiger partial charge in [0.15, 0.2) is 0 Å². The zero-order chi connectivity index (χ0) is 13.8. The first-order chi connectivity index (χ1) is 9.15. The van der Waals surface area contributed by atoms with Crippen molar-refractivity contribution in [1.82, 2.24) is 4.98 Å². The summed E-state index contributed by atoms with van der Waals surface area (Å²) in [6.45, 7) is 1.79. The van der Waals surface area contributed by atoms with Crippen LogP contribution in [0.3, 0.4) is 0 Å². The first-order valence-electron chi connectivity index (χ1n) is 5.68. The second-order valence-electron chi connectivity index (χ2n) is 3.71. The maximum atomic E-state index is 13.3. The Labute approximate surface area is 113 Å². The van der Waals surface area contributed by atoms with Crippen molar-refractivity contribution in [2.24, 2.45) is 0 Å². The van der Waals surface area contributed by atoms with Gasteiger partial charge in [-0.05, 0) is 24.6 Å². The average molecular weight is 281 g/mol. The topological polar surface area (TPSA) is 59.4 Å². The Morgan fingerprint density at radius 1 is 1.53 bits per heavy atom. The third-order valence-corrected chi connectivity index (χ3v) is 3.47. The van der Waals surface area contributed by atoms with Gasteiger partial charge in [-0.1, -0.05) is 6.07 Å². The molecule has 0 atom stereocenters. The smallest absolute Gasteiger partial charge is 0.349 e. The number of aliphatic hydroxyl groups excluding tert-OH is 1. The lowest BCUT2D eigenvalue weighted by Gasteiger charge is -2.03. The molecule has 0 saturated heterocycles. The number of nitrogens with zero attached hydrogens (tertiary/aromatic N) is 1. The molecular weight excluding hydrogens is 269 g/mol. The van der Waals surface area contributed by atoms with Gasteiger partial charge in [-0.2, -0.15) is 0 Å². The fourth-order valence-electron chi connectivity index (χ4n) is 1.58. The minimum atomic E-state index is -0.451. The summed E-state index contributed by atoms with van der Waals surface area (Å²) in [5, 5.41) is 9.71. The van der Waals surface area contributed by atoms with E-state index in [1.54, 1.807) is 6.92 Å². The molecule has 2 rings (SSSR count). The monoisotopic (exact) mass is 281 g/mol. The highest BCUT2D eigenvalue weighted by Gasteiger charge is 2.15. The molecule has 0 aliphatic heterocycles. The van der Waals surface area contributed by atoms with Crippen molar-refractivity contribution in [3.8, 4) is 10.6 Å². The molecule has 1 aromatic carbocycles. The van der Waals surface area contributed by atoms with Gasteiger partial charge >= 0.3 is 5.97 Å². The number of carbonyl (C=O) groups excluding carboxylic acids is 1. The Kier molecular flexibility index (Phi) is 4.24. The number of rotatable bonds is 4. The number of aromatic nitrogens is 1. The van der Waals surface area contributed by atoms with Crippen LogP contribution >= 0.6 is 11.3 Å². The largest absolute Gasteiger partial charge is 0.462 e. The molecular formula is C13H12FNO3S. The standard InChI is InChI=1S/C13H12FNO3S/c1-2-18-13(17)11-6-15-12(19-11)10-5-9(14)4-3-8(10)7-16/h3-6,16H,2,7H2,1H3. The summed E-state index contributed by atoms with van der Waals surface area (Å²) in [6.07, 6.45) is 1.39. The quantitative estimate of drug-likeness (QED) is 0.875. The van der Waals surface area contributed by atoms with Crippen molar-refractivity contribution in [2.75, 3.05) is 6.61 Å². The van der Waals surface area contributed by atoms with Gasteiger partial charge in [0.1, 0.15) is 15.7 Å². The number of benzene rings is 1. The van der Waals surface area contributed by atoms with E-state index in [2.05, 4.69) is 4.98 Å². The van der Waals surface area contributed by atoms with E-state index in [1.807, 2.05) is 0 Å². The average Bonchev–Trinajstić information content (AvgIpc) is 2.88. The molecule has 0 unspecified atom stereocenters. The van der Waals surface area contributed by atoms with Crippen LogP contribution in [0.15, 0.2) is 24.4 Å². The summed E-state index contributed by atoms with van der Waals surface area (Å²) in [5.41, 5.74) is 1.05. The molecule has 1 N–H and O–H groups in total. The van der Waals surface area contributed by atoms with Gasteiger partial charge in [0.2, 0.25) is 0 Å². The molecule has 0 amide bonds. The lowest BCUT2D eigenvalue weighted by Crippen LogP contribution is -2.01. The maximum Gasteiger partial charge on any atom is 0.349 e. The number of hydrogen-bond donors (Lipinski definition) is 1. The number of esters is 1. The molecule has 4 nitrogen and oxygen atoms in total. The molecule has 6 heteroatoms. The Hall–Kier alpha value is -1.79. The van der Waals surface area contributed by atoms with Crippen molar-refractivity contribution in [1.29, 1.82) is 0 Å². The van der Waals surface area contributed by atoms with Gasteiger partial charge in [0, 0.05) is 5.56 Å². The Morgan fingerprint density at radius 2 is 2.32 bits per heavy atom. The van der Waals surface area contributed by atoms with Gasteiger partial charge in [-0.3, -0.25) is 0 Å².